The summed E-state index contributed by atoms with van der Waals surface area (Å²) in [4.78, 5) is 22.3. The van der Waals surface area contributed by atoms with Gasteiger partial charge in [0, 0.05) is 0 Å². The van der Waals surface area contributed by atoms with E-state index in [1.807, 2.05) is 0 Å². The Morgan fingerprint density at radius 3 is 2.00 bits per heavy atom. The summed E-state index contributed by atoms with van der Waals surface area (Å²) in [5.74, 6) is -2.15. The van der Waals surface area contributed by atoms with Crippen LogP contribution < -0.4 is 0 Å². The van der Waals surface area contributed by atoms with Gasteiger partial charge in [-0.05, 0) is 31.6 Å². The Kier molecular flexibility index (Phi) is 2.44. The molecule has 0 saturated heterocycles. The van der Waals surface area contributed by atoms with Crippen LogP contribution in [0.5, 0.6) is 0 Å². The van der Waals surface area contributed by atoms with Crippen LogP contribution in [0.2, 0.25) is 0 Å². The van der Waals surface area contributed by atoms with Crippen molar-refractivity contribution in [1.29, 1.82) is 0 Å². The minimum atomic E-state index is -0.821. The normalized spacial score (nSPS) is 33.3. The van der Waals surface area contributed by atoms with Gasteiger partial charge in [-0.15, -0.1) is 0 Å². The third kappa shape index (κ3) is 1.43. The zero-order chi connectivity index (χ0) is 11.1. The van der Waals surface area contributed by atoms with Crippen LogP contribution in [-0.2, 0) is 9.59 Å². The number of hydrogen-bond acceptors (Lipinski definition) is 2. The zero-order valence-corrected chi connectivity index (χ0v) is 8.61. The molecule has 2 N–H and O–H groups in total. The molecule has 84 valence electrons. The molecule has 15 heavy (non-hydrogen) atoms. The molecule has 2 aliphatic carbocycles. The summed E-state index contributed by atoms with van der Waals surface area (Å²) in [6.07, 6.45) is 4.59. The van der Waals surface area contributed by atoms with Crippen molar-refractivity contribution in [2.45, 2.75) is 38.5 Å². The molecule has 2 rings (SSSR count). The molecule has 0 heterocycles. The van der Waals surface area contributed by atoms with Crippen LogP contribution >= 0.6 is 0 Å². The predicted molar refractivity (Wildman–Crippen MR) is 52.4 cm³/mol. The van der Waals surface area contributed by atoms with Gasteiger partial charge in [0.2, 0.25) is 0 Å². The molecule has 2 atom stereocenters. The average Bonchev–Trinajstić information content (AvgIpc) is 2.50. The van der Waals surface area contributed by atoms with Gasteiger partial charge in [0.15, 0.2) is 0 Å². The molecule has 2 aliphatic rings. The summed E-state index contributed by atoms with van der Waals surface area (Å²) >= 11 is 0. The standard InChI is InChI=1S/C11H16O4/c12-9(13)7-3-4-8(7)11(10(14)15)5-1-2-6-11/h7-8H,1-6H2,(H,12,13)(H,14,15). The highest BCUT2D eigenvalue weighted by Gasteiger charge is 2.55. The van der Waals surface area contributed by atoms with Gasteiger partial charge >= 0.3 is 11.9 Å². The molecule has 0 bridgehead atoms. The van der Waals surface area contributed by atoms with Gasteiger partial charge in [-0.3, -0.25) is 9.59 Å². The first kappa shape index (κ1) is 10.5. The van der Waals surface area contributed by atoms with Crippen LogP contribution in [0.15, 0.2) is 0 Å². The molecule has 4 heteroatoms. The van der Waals surface area contributed by atoms with Gasteiger partial charge < -0.3 is 10.2 Å². The number of carboxylic acids is 2. The largest absolute Gasteiger partial charge is 0.481 e. The number of aliphatic carboxylic acids is 2. The summed E-state index contributed by atoms with van der Waals surface area (Å²) in [6.45, 7) is 0. The summed E-state index contributed by atoms with van der Waals surface area (Å²) in [7, 11) is 0. The molecule has 0 aromatic rings. The van der Waals surface area contributed by atoms with Crippen LogP contribution in [-0.4, -0.2) is 22.2 Å². The van der Waals surface area contributed by atoms with Crippen molar-refractivity contribution in [2.24, 2.45) is 17.3 Å². The first-order chi connectivity index (χ1) is 7.08. The quantitative estimate of drug-likeness (QED) is 0.747. The Balaban J connectivity index is 2.19. The third-order valence-corrected chi connectivity index (χ3v) is 4.22. The van der Waals surface area contributed by atoms with E-state index in [2.05, 4.69) is 0 Å². The lowest BCUT2D eigenvalue weighted by atomic mass is 9.58. The van der Waals surface area contributed by atoms with Crippen molar-refractivity contribution in [2.75, 3.05) is 0 Å². The predicted octanol–water partition coefficient (Wildman–Crippen LogP) is 1.74. The van der Waals surface area contributed by atoms with Crippen LogP contribution in [0.4, 0.5) is 0 Å². The van der Waals surface area contributed by atoms with Crippen molar-refractivity contribution >= 4 is 11.9 Å². The second kappa shape index (κ2) is 3.51. The molecule has 2 saturated carbocycles. The fraction of sp³-hybridized carbons (Fsp3) is 0.818. The van der Waals surface area contributed by atoms with Crippen LogP contribution in [0, 0.1) is 17.3 Å². The Labute approximate surface area is 88.3 Å². The molecular weight excluding hydrogens is 196 g/mol. The summed E-state index contributed by atoms with van der Waals surface area (Å²) in [5.41, 5.74) is -0.721. The van der Waals surface area contributed by atoms with E-state index in [4.69, 9.17) is 5.11 Å². The molecule has 0 spiro atoms. The summed E-state index contributed by atoms with van der Waals surface area (Å²) in [6, 6.07) is 0. The second-order valence-electron chi connectivity index (χ2n) is 4.80. The van der Waals surface area contributed by atoms with E-state index in [1.165, 1.54) is 0 Å². The van der Waals surface area contributed by atoms with E-state index < -0.39 is 23.3 Å². The van der Waals surface area contributed by atoms with Gasteiger partial charge in [-0.25, -0.2) is 0 Å². The Bertz CT molecular complexity index is 291. The van der Waals surface area contributed by atoms with E-state index in [1.54, 1.807) is 0 Å². The van der Waals surface area contributed by atoms with Crippen molar-refractivity contribution in [1.82, 2.24) is 0 Å². The molecular formula is C11H16O4. The Morgan fingerprint density at radius 1 is 1.07 bits per heavy atom. The van der Waals surface area contributed by atoms with E-state index in [0.29, 0.717) is 19.3 Å². The lowest BCUT2D eigenvalue weighted by Gasteiger charge is -2.44. The van der Waals surface area contributed by atoms with Gasteiger partial charge in [-0.2, -0.15) is 0 Å². The molecule has 4 nitrogen and oxygen atoms in total. The van der Waals surface area contributed by atoms with Crippen LogP contribution in [0.3, 0.4) is 0 Å². The third-order valence-electron chi connectivity index (χ3n) is 4.22. The minimum absolute atomic E-state index is 0.130. The van der Waals surface area contributed by atoms with Gasteiger partial charge in [0.05, 0.1) is 11.3 Å². The zero-order valence-electron chi connectivity index (χ0n) is 8.61. The highest BCUT2D eigenvalue weighted by Crippen LogP contribution is 2.54. The number of hydrogen-bond donors (Lipinski definition) is 2. The fourth-order valence-corrected chi connectivity index (χ4v) is 3.21. The molecule has 0 aromatic heterocycles. The van der Waals surface area contributed by atoms with Crippen molar-refractivity contribution in [3.8, 4) is 0 Å². The maximum Gasteiger partial charge on any atom is 0.309 e. The maximum absolute atomic E-state index is 11.3. The first-order valence-electron chi connectivity index (χ1n) is 5.54. The van der Waals surface area contributed by atoms with Gasteiger partial charge in [0.1, 0.15) is 0 Å². The monoisotopic (exact) mass is 212 g/mol. The van der Waals surface area contributed by atoms with Gasteiger partial charge in [0.25, 0.3) is 0 Å². The maximum atomic E-state index is 11.3. The minimum Gasteiger partial charge on any atom is -0.481 e. The van der Waals surface area contributed by atoms with Crippen LogP contribution in [0.25, 0.3) is 0 Å². The molecule has 0 aliphatic heterocycles. The molecule has 0 aromatic carbocycles. The molecule has 2 fully saturated rings. The fourth-order valence-electron chi connectivity index (χ4n) is 3.21. The molecule has 0 amide bonds. The number of carbonyl (C=O) groups is 2. The number of rotatable bonds is 3. The highest BCUT2D eigenvalue weighted by atomic mass is 16.4. The average molecular weight is 212 g/mol. The second-order valence-corrected chi connectivity index (χ2v) is 4.80. The van der Waals surface area contributed by atoms with Gasteiger partial charge in [-0.1, -0.05) is 12.8 Å². The van der Waals surface area contributed by atoms with E-state index in [-0.39, 0.29) is 5.92 Å². The lowest BCUT2D eigenvalue weighted by Crippen LogP contribution is -2.47. The Morgan fingerprint density at radius 2 is 1.67 bits per heavy atom. The first-order valence-corrected chi connectivity index (χ1v) is 5.54. The molecule has 0 radical (unpaired) electrons. The highest BCUT2D eigenvalue weighted by molar-refractivity contribution is 5.79. The summed E-state index contributed by atoms with van der Waals surface area (Å²) in [5, 5.41) is 18.3. The van der Waals surface area contributed by atoms with Crippen LogP contribution in [0.1, 0.15) is 38.5 Å². The molecule has 2 unspecified atom stereocenters. The topological polar surface area (TPSA) is 74.6 Å². The Hall–Kier alpha value is -1.06. The smallest absolute Gasteiger partial charge is 0.309 e. The van der Waals surface area contributed by atoms with E-state index >= 15 is 0 Å². The lowest BCUT2D eigenvalue weighted by molar-refractivity contribution is -0.164. The van der Waals surface area contributed by atoms with Crippen molar-refractivity contribution in [3.05, 3.63) is 0 Å². The van der Waals surface area contributed by atoms with E-state index in [0.717, 1.165) is 19.3 Å². The summed E-state index contributed by atoms with van der Waals surface area (Å²) < 4.78 is 0. The number of carboxylic acid groups (broad SMARTS) is 2. The van der Waals surface area contributed by atoms with Crippen molar-refractivity contribution < 1.29 is 19.8 Å². The van der Waals surface area contributed by atoms with E-state index in [9.17, 15) is 14.7 Å². The van der Waals surface area contributed by atoms with Crippen molar-refractivity contribution in [3.63, 3.8) is 0 Å². The SMILES string of the molecule is O=C(O)C1CCC1C1(C(=O)O)CCCC1.